The summed E-state index contributed by atoms with van der Waals surface area (Å²) >= 11 is 5.83. The first-order valence-electron chi connectivity index (χ1n) is 11.1. The highest BCUT2D eigenvalue weighted by atomic mass is 35.5. The first kappa shape index (κ1) is 23.2. The van der Waals surface area contributed by atoms with Gasteiger partial charge in [-0.1, -0.05) is 23.7 Å². The number of hydrogen-bond acceptors (Lipinski definition) is 4. The van der Waals surface area contributed by atoms with Gasteiger partial charge in [-0.25, -0.2) is 13.3 Å². The van der Waals surface area contributed by atoms with E-state index in [1.807, 2.05) is 0 Å². The van der Waals surface area contributed by atoms with Crippen LogP contribution in [0, 0.1) is 11.6 Å². The Bertz CT molecular complexity index is 1480. The van der Waals surface area contributed by atoms with Crippen molar-refractivity contribution in [3.05, 3.63) is 92.4 Å². The number of nitrogens with zero attached hydrogens (tertiary/aromatic N) is 2. The van der Waals surface area contributed by atoms with Crippen LogP contribution in [0.1, 0.15) is 52.7 Å². The van der Waals surface area contributed by atoms with E-state index in [9.17, 15) is 23.5 Å². The highest BCUT2D eigenvalue weighted by molar-refractivity contribution is 6.30. The summed E-state index contributed by atoms with van der Waals surface area (Å²) in [5.41, 5.74) is 1.32. The number of benzene rings is 2. The lowest BCUT2D eigenvalue weighted by atomic mass is 10.0. The summed E-state index contributed by atoms with van der Waals surface area (Å²) in [7, 11) is 0. The number of aliphatic hydroxyl groups is 1. The maximum atomic E-state index is 14.5. The van der Waals surface area contributed by atoms with Crippen molar-refractivity contribution in [2.45, 2.75) is 31.2 Å². The molecule has 35 heavy (non-hydrogen) atoms. The molecule has 4 aromatic rings. The van der Waals surface area contributed by atoms with Crippen molar-refractivity contribution in [3.8, 4) is 11.4 Å². The van der Waals surface area contributed by atoms with Crippen molar-refractivity contribution in [3.63, 3.8) is 0 Å². The van der Waals surface area contributed by atoms with E-state index >= 15 is 0 Å². The third kappa shape index (κ3) is 4.56. The lowest BCUT2D eigenvalue weighted by Crippen LogP contribution is -2.29. The van der Waals surface area contributed by atoms with Gasteiger partial charge >= 0.3 is 0 Å². The Morgan fingerprint density at radius 1 is 1.23 bits per heavy atom. The molecule has 0 saturated heterocycles. The number of carbonyl (C=O) groups is 1. The minimum atomic E-state index is -0.640. The molecule has 10 heteroatoms. The largest absolute Gasteiger partial charge is 0.396 e. The van der Waals surface area contributed by atoms with Gasteiger partial charge in [0, 0.05) is 23.4 Å². The fraction of sp³-hybridized carbons (Fsp3) is 0.240. The molecule has 0 bridgehead atoms. The number of carbonyl (C=O) groups excluding carboxylic acids is 1. The molecule has 0 radical (unpaired) electrons. The summed E-state index contributed by atoms with van der Waals surface area (Å²) in [6.45, 7) is -0.188. The van der Waals surface area contributed by atoms with E-state index in [0.29, 0.717) is 11.1 Å². The molecule has 0 spiro atoms. The van der Waals surface area contributed by atoms with Gasteiger partial charge in [0.05, 0.1) is 17.2 Å². The minimum Gasteiger partial charge on any atom is -0.396 e. The zero-order valence-corrected chi connectivity index (χ0v) is 19.1. The SMILES string of the molecule is O=C(N[C@H](CCO)c1ccc(F)cc1)c1cn2nc(-c3ccc(Cl)cc3F)[nH]c(=O)c2c1C1CC1. The standard InChI is InChI=1S/C25H21ClF2N4O3/c26-15-5-8-17(19(28)11-15)23-30-25(35)22-21(14-1-2-14)18(12-32(22)31-23)24(34)29-20(9-10-33)13-3-6-16(27)7-4-13/h3-8,11-12,14,20,33H,1-2,9-10H2,(H,29,34)(H,30,31,35)/t20-/m1/s1. The Morgan fingerprint density at radius 3 is 2.63 bits per heavy atom. The predicted molar refractivity (Wildman–Crippen MR) is 127 cm³/mol. The molecule has 1 fully saturated rings. The Morgan fingerprint density at radius 2 is 1.97 bits per heavy atom. The van der Waals surface area contributed by atoms with Crippen LogP contribution >= 0.6 is 11.6 Å². The van der Waals surface area contributed by atoms with Gasteiger partial charge in [0.25, 0.3) is 11.5 Å². The fourth-order valence-corrected chi connectivity index (χ4v) is 4.42. The van der Waals surface area contributed by atoms with Crippen molar-refractivity contribution >= 4 is 23.0 Å². The Hall–Kier alpha value is -3.56. The molecule has 180 valence electrons. The zero-order valence-electron chi connectivity index (χ0n) is 18.4. The predicted octanol–water partition coefficient (Wildman–Crippen LogP) is 4.35. The van der Waals surface area contributed by atoms with Crippen LogP contribution in [0.3, 0.4) is 0 Å². The van der Waals surface area contributed by atoms with Crippen molar-refractivity contribution in [1.29, 1.82) is 0 Å². The number of aromatic nitrogens is 3. The number of aliphatic hydroxyl groups excluding tert-OH is 1. The minimum absolute atomic E-state index is 0.00504. The second-order valence-electron chi connectivity index (χ2n) is 8.54. The molecule has 3 N–H and O–H groups in total. The summed E-state index contributed by atoms with van der Waals surface area (Å²) in [4.78, 5) is 29.0. The fourth-order valence-electron chi connectivity index (χ4n) is 4.26. The van der Waals surface area contributed by atoms with Crippen LogP contribution in [0.2, 0.25) is 5.02 Å². The average Bonchev–Trinajstić information content (AvgIpc) is 3.58. The Labute approximate surface area is 203 Å². The Kier molecular flexibility index (Phi) is 6.12. The normalized spacial score (nSPS) is 14.3. The number of aromatic amines is 1. The zero-order chi connectivity index (χ0) is 24.7. The molecule has 0 aliphatic heterocycles. The van der Waals surface area contributed by atoms with Gasteiger partial charge in [0.2, 0.25) is 0 Å². The number of fused-ring (bicyclic) bond motifs is 1. The van der Waals surface area contributed by atoms with E-state index in [0.717, 1.165) is 18.9 Å². The van der Waals surface area contributed by atoms with Crippen LogP contribution in [0.15, 0.2) is 53.5 Å². The highest BCUT2D eigenvalue weighted by Gasteiger charge is 2.34. The molecule has 2 aromatic heterocycles. The number of halogens is 3. The van der Waals surface area contributed by atoms with Gasteiger partial charge in [-0.15, -0.1) is 5.10 Å². The van der Waals surface area contributed by atoms with E-state index in [1.54, 1.807) is 12.1 Å². The van der Waals surface area contributed by atoms with Gasteiger partial charge < -0.3 is 15.4 Å². The quantitative estimate of drug-likeness (QED) is 0.352. The summed E-state index contributed by atoms with van der Waals surface area (Å²) in [5, 5.41) is 17.0. The van der Waals surface area contributed by atoms with E-state index in [4.69, 9.17) is 11.6 Å². The molecule has 1 aliphatic carbocycles. The van der Waals surface area contributed by atoms with Crippen LogP contribution in [-0.4, -0.2) is 32.2 Å². The highest BCUT2D eigenvalue weighted by Crippen LogP contribution is 2.43. The molecule has 1 aliphatic rings. The first-order chi connectivity index (χ1) is 16.9. The molecular weight excluding hydrogens is 478 g/mol. The lowest BCUT2D eigenvalue weighted by Gasteiger charge is -2.18. The van der Waals surface area contributed by atoms with Gasteiger partial charge in [-0.3, -0.25) is 9.59 Å². The molecule has 1 atom stereocenters. The summed E-state index contributed by atoms with van der Waals surface area (Å²) in [6, 6.07) is 9.15. The van der Waals surface area contributed by atoms with Crippen molar-refractivity contribution < 1.29 is 18.7 Å². The molecule has 5 rings (SSSR count). The van der Waals surface area contributed by atoms with Crippen LogP contribution in [0.25, 0.3) is 16.9 Å². The van der Waals surface area contributed by atoms with Crippen molar-refractivity contribution in [1.82, 2.24) is 19.9 Å². The van der Waals surface area contributed by atoms with Crippen molar-refractivity contribution in [2.75, 3.05) is 6.61 Å². The summed E-state index contributed by atoms with van der Waals surface area (Å²) in [6.07, 6.45) is 3.34. The topological polar surface area (TPSA) is 99.5 Å². The van der Waals surface area contributed by atoms with Crippen molar-refractivity contribution in [2.24, 2.45) is 0 Å². The van der Waals surface area contributed by atoms with E-state index in [1.165, 1.54) is 35.0 Å². The van der Waals surface area contributed by atoms with Gasteiger partial charge in [0.1, 0.15) is 17.2 Å². The van der Waals surface area contributed by atoms with Crippen LogP contribution in [0.5, 0.6) is 0 Å². The van der Waals surface area contributed by atoms with Crippen LogP contribution in [-0.2, 0) is 0 Å². The lowest BCUT2D eigenvalue weighted by molar-refractivity contribution is 0.0929. The maximum absolute atomic E-state index is 14.5. The van der Waals surface area contributed by atoms with E-state index < -0.39 is 29.1 Å². The van der Waals surface area contributed by atoms with E-state index in [2.05, 4.69) is 15.4 Å². The van der Waals surface area contributed by atoms with Crippen LogP contribution in [0.4, 0.5) is 8.78 Å². The maximum Gasteiger partial charge on any atom is 0.275 e. The van der Waals surface area contributed by atoms with Gasteiger partial charge in [-0.05, 0) is 61.1 Å². The number of amides is 1. The third-order valence-electron chi connectivity index (χ3n) is 6.09. The monoisotopic (exact) mass is 498 g/mol. The van der Waals surface area contributed by atoms with Crippen LogP contribution < -0.4 is 10.9 Å². The van der Waals surface area contributed by atoms with E-state index in [-0.39, 0.29) is 46.4 Å². The molecule has 2 aromatic carbocycles. The van der Waals surface area contributed by atoms with Gasteiger partial charge in [0.15, 0.2) is 5.82 Å². The summed E-state index contributed by atoms with van der Waals surface area (Å²) in [5.74, 6) is -1.46. The summed E-state index contributed by atoms with van der Waals surface area (Å²) < 4.78 is 29.1. The second-order valence-corrected chi connectivity index (χ2v) is 8.98. The number of hydrogen-bond donors (Lipinski definition) is 3. The Balaban J connectivity index is 1.56. The number of H-pyrrole nitrogens is 1. The van der Waals surface area contributed by atoms with Gasteiger partial charge in [-0.2, -0.15) is 0 Å². The second kappa shape index (κ2) is 9.24. The third-order valence-corrected chi connectivity index (χ3v) is 6.33. The molecule has 0 unspecified atom stereocenters. The first-order valence-corrected chi connectivity index (χ1v) is 11.5. The molecule has 2 heterocycles. The molecule has 7 nitrogen and oxygen atoms in total. The molecular formula is C25H21ClF2N4O3. The molecule has 1 saturated carbocycles. The average molecular weight is 499 g/mol. The molecule has 1 amide bonds. The number of rotatable bonds is 7. The smallest absolute Gasteiger partial charge is 0.275 e. The number of nitrogens with one attached hydrogen (secondary N) is 2.